The fraction of sp³-hybridized carbons (Fsp3) is 0.474. The zero-order valence-electron chi connectivity index (χ0n) is 14.2. The van der Waals surface area contributed by atoms with E-state index in [1.807, 2.05) is 12.4 Å². The number of imidazole rings is 1. The van der Waals surface area contributed by atoms with Crippen LogP contribution in [0.1, 0.15) is 37.1 Å². The summed E-state index contributed by atoms with van der Waals surface area (Å²) in [5.74, 6) is 2.27. The molecule has 24 heavy (non-hydrogen) atoms. The molecule has 0 aliphatic heterocycles. The highest BCUT2D eigenvalue weighted by atomic mass is 15.1. The van der Waals surface area contributed by atoms with Crippen molar-refractivity contribution in [3.05, 3.63) is 54.1 Å². The minimum Gasteiger partial charge on any atom is -0.370 e. The van der Waals surface area contributed by atoms with Crippen LogP contribution < -0.4 is 11.1 Å². The van der Waals surface area contributed by atoms with Gasteiger partial charge in [-0.15, -0.1) is 0 Å². The van der Waals surface area contributed by atoms with Crippen molar-refractivity contribution in [3.63, 3.8) is 0 Å². The predicted octanol–water partition coefficient (Wildman–Crippen LogP) is 2.72. The number of aromatic nitrogens is 2. The molecule has 5 nitrogen and oxygen atoms in total. The van der Waals surface area contributed by atoms with Crippen LogP contribution in [-0.2, 0) is 19.5 Å². The molecule has 0 spiro atoms. The summed E-state index contributed by atoms with van der Waals surface area (Å²) >= 11 is 0. The third kappa shape index (κ3) is 4.85. The van der Waals surface area contributed by atoms with Gasteiger partial charge in [-0.05, 0) is 37.2 Å². The van der Waals surface area contributed by atoms with Crippen molar-refractivity contribution >= 4 is 5.96 Å². The minimum atomic E-state index is 0.528. The van der Waals surface area contributed by atoms with E-state index < -0.39 is 0 Å². The van der Waals surface area contributed by atoms with E-state index in [9.17, 15) is 0 Å². The van der Waals surface area contributed by atoms with Crippen molar-refractivity contribution < 1.29 is 0 Å². The SMILES string of the molecule is NC(=NCc1nccn1CCCc1ccccc1)NCC1CCC1. The van der Waals surface area contributed by atoms with Gasteiger partial charge in [-0.2, -0.15) is 0 Å². The molecule has 0 unspecified atom stereocenters. The maximum atomic E-state index is 5.95. The van der Waals surface area contributed by atoms with Crippen LogP contribution in [-0.4, -0.2) is 22.1 Å². The molecule has 1 aromatic carbocycles. The number of benzene rings is 1. The molecule has 3 rings (SSSR count). The summed E-state index contributed by atoms with van der Waals surface area (Å²) in [5.41, 5.74) is 7.32. The van der Waals surface area contributed by atoms with Crippen molar-refractivity contribution in [2.45, 2.75) is 45.2 Å². The number of nitrogens with zero attached hydrogens (tertiary/aromatic N) is 3. The summed E-state index contributed by atoms with van der Waals surface area (Å²) in [5, 5.41) is 3.22. The van der Waals surface area contributed by atoms with E-state index in [1.54, 1.807) is 0 Å². The number of nitrogens with two attached hydrogens (primary N) is 1. The van der Waals surface area contributed by atoms with Crippen LogP contribution >= 0.6 is 0 Å². The van der Waals surface area contributed by atoms with Crippen molar-refractivity contribution in [2.75, 3.05) is 6.54 Å². The average molecular weight is 325 g/mol. The normalized spacial score (nSPS) is 15.2. The number of guanidine groups is 1. The standard InChI is InChI=1S/C19H27N5/c20-19(22-14-17-8-4-9-17)23-15-18-21-11-13-24(18)12-5-10-16-6-2-1-3-7-16/h1-3,6-7,11,13,17H,4-5,8-10,12,14-15H2,(H3,20,22,23). The Bertz CT molecular complexity index is 643. The Hall–Kier alpha value is -2.30. The maximum absolute atomic E-state index is 5.95. The lowest BCUT2D eigenvalue weighted by atomic mass is 9.85. The second-order valence-electron chi connectivity index (χ2n) is 6.51. The summed E-state index contributed by atoms with van der Waals surface area (Å²) in [6.45, 7) is 2.43. The summed E-state index contributed by atoms with van der Waals surface area (Å²) in [6.07, 6.45) is 10.0. The smallest absolute Gasteiger partial charge is 0.189 e. The predicted molar refractivity (Wildman–Crippen MR) is 97.7 cm³/mol. The molecule has 128 valence electrons. The molecule has 0 saturated heterocycles. The summed E-state index contributed by atoms with van der Waals surface area (Å²) in [6, 6.07) is 10.6. The number of hydrogen-bond donors (Lipinski definition) is 2. The zero-order valence-corrected chi connectivity index (χ0v) is 14.2. The number of aliphatic imine (C=N–C) groups is 1. The van der Waals surface area contributed by atoms with Gasteiger partial charge < -0.3 is 15.6 Å². The first-order valence-corrected chi connectivity index (χ1v) is 8.89. The van der Waals surface area contributed by atoms with Gasteiger partial charge in [0, 0.05) is 25.5 Å². The molecule has 1 heterocycles. The van der Waals surface area contributed by atoms with Crippen LogP contribution in [0.3, 0.4) is 0 Å². The topological polar surface area (TPSA) is 68.2 Å². The van der Waals surface area contributed by atoms with Gasteiger partial charge in [0.1, 0.15) is 12.4 Å². The lowest BCUT2D eigenvalue weighted by molar-refractivity contribution is 0.315. The van der Waals surface area contributed by atoms with Gasteiger partial charge in [0.15, 0.2) is 5.96 Å². The Kier molecular flexibility index (Phi) is 5.88. The van der Waals surface area contributed by atoms with Gasteiger partial charge in [0.25, 0.3) is 0 Å². The highest BCUT2D eigenvalue weighted by molar-refractivity contribution is 5.77. The monoisotopic (exact) mass is 325 g/mol. The number of aryl methyl sites for hydroxylation is 2. The third-order valence-electron chi connectivity index (χ3n) is 4.70. The summed E-state index contributed by atoms with van der Waals surface area (Å²) in [4.78, 5) is 8.83. The van der Waals surface area contributed by atoms with Crippen LogP contribution in [0.5, 0.6) is 0 Å². The van der Waals surface area contributed by atoms with Crippen molar-refractivity contribution in [1.29, 1.82) is 0 Å². The van der Waals surface area contributed by atoms with E-state index in [0.29, 0.717) is 12.5 Å². The molecule has 1 fully saturated rings. The molecular weight excluding hydrogens is 298 g/mol. The number of rotatable bonds is 8. The van der Waals surface area contributed by atoms with Gasteiger partial charge in [-0.25, -0.2) is 9.98 Å². The van der Waals surface area contributed by atoms with Crippen LogP contribution in [0.2, 0.25) is 0 Å². The van der Waals surface area contributed by atoms with Crippen LogP contribution in [0.4, 0.5) is 0 Å². The molecule has 1 aliphatic rings. The van der Waals surface area contributed by atoms with Crippen LogP contribution in [0.15, 0.2) is 47.7 Å². The first-order valence-electron chi connectivity index (χ1n) is 8.89. The van der Waals surface area contributed by atoms with Crippen molar-refractivity contribution in [2.24, 2.45) is 16.6 Å². The molecule has 1 aromatic heterocycles. The average Bonchev–Trinajstić information content (AvgIpc) is 3.00. The fourth-order valence-corrected chi connectivity index (χ4v) is 2.95. The molecule has 0 radical (unpaired) electrons. The largest absolute Gasteiger partial charge is 0.370 e. The molecule has 0 bridgehead atoms. The molecule has 1 saturated carbocycles. The van der Waals surface area contributed by atoms with E-state index >= 15 is 0 Å². The Morgan fingerprint density at radius 1 is 1.29 bits per heavy atom. The molecule has 5 heteroatoms. The first-order chi connectivity index (χ1) is 11.8. The van der Waals surface area contributed by atoms with E-state index in [4.69, 9.17) is 5.73 Å². The molecule has 0 atom stereocenters. The van der Waals surface area contributed by atoms with Gasteiger partial charge >= 0.3 is 0 Å². The second kappa shape index (κ2) is 8.52. The lowest BCUT2D eigenvalue weighted by Gasteiger charge is -2.25. The molecule has 3 N–H and O–H groups in total. The summed E-state index contributed by atoms with van der Waals surface area (Å²) < 4.78 is 2.17. The Morgan fingerprint density at radius 3 is 2.88 bits per heavy atom. The van der Waals surface area contributed by atoms with E-state index in [0.717, 1.165) is 37.7 Å². The van der Waals surface area contributed by atoms with E-state index in [2.05, 4.69) is 50.2 Å². The van der Waals surface area contributed by atoms with Crippen LogP contribution in [0.25, 0.3) is 0 Å². The third-order valence-corrected chi connectivity index (χ3v) is 4.70. The maximum Gasteiger partial charge on any atom is 0.189 e. The van der Waals surface area contributed by atoms with Crippen molar-refractivity contribution in [1.82, 2.24) is 14.9 Å². The highest BCUT2D eigenvalue weighted by Gasteiger charge is 2.16. The molecule has 0 amide bonds. The number of hydrogen-bond acceptors (Lipinski definition) is 2. The molecule has 2 aromatic rings. The van der Waals surface area contributed by atoms with E-state index in [-0.39, 0.29) is 0 Å². The highest BCUT2D eigenvalue weighted by Crippen LogP contribution is 2.24. The van der Waals surface area contributed by atoms with Gasteiger partial charge in [0.2, 0.25) is 0 Å². The summed E-state index contributed by atoms with van der Waals surface area (Å²) in [7, 11) is 0. The van der Waals surface area contributed by atoms with E-state index in [1.165, 1.54) is 24.8 Å². The van der Waals surface area contributed by atoms with Gasteiger partial charge in [-0.1, -0.05) is 36.8 Å². The quantitative estimate of drug-likeness (QED) is 0.579. The van der Waals surface area contributed by atoms with Gasteiger partial charge in [0.05, 0.1) is 0 Å². The lowest BCUT2D eigenvalue weighted by Crippen LogP contribution is -2.37. The Morgan fingerprint density at radius 2 is 2.12 bits per heavy atom. The molecule has 1 aliphatic carbocycles. The Labute approximate surface area is 144 Å². The first kappa shape index (κ1) is 16.6. The second-order valence-corrected chi connectivity index (χ2v) is 6.51. The number of nitrogens with one attached hydrogen (secondary N) is 1. The molecular formula is C19H27N5. The van der Waals surface area contributed by atoms with Crippen LogP contribution in [0, 0.1) is 5.92 Å². The fourth-order valence-electron chi connectivity index (χ4n) is 2.95. The Balaban J connectivity index is 1.44. The zero-order chi connectivity index (χ0) is 16.6. The van der Waals surface area contributed by atoms with Crippen molar-refractivity contribution in [3.8, 4) is 0 Å². The van der Waals surface area contributed by atoms with Gasteiger partial charge in [-0.3, -0.25) is 0 Å². The minimum absolute atomic E-state index is 0.528.